The van der Waals surface area contributed by atoms with Crippen molar-refractivity contribution in [3.8, 4) is 0 Å². The van der Waals surface area contributed by atoms with E-state index in [-0.39, 0.29) is 11.8 Å². The summed E-state index contributed by atoms with van der Waals surface area (Å²) in [5, 5.41) is 11.8. The highest BCUT2D eigenvalue weighted by molar-refractivity contribution is 5.95. The van der Waals surface area contributed by atoms with E-state index in [0.717, 1.165) is 11.1 Å². The van der Waals surface area contributed by atoms with Crippen molar-refractivity contribution in [1.29, 1.82) is 0 Å². The van der Waals surface area contributed by atoms with Gasteiger partial charge in [-0.25, -0.2) is 0 Å². The fraction of sp³-hybridized carbons (Fsp3) is 0.263. The van der Waals surface area contributed by atoms with Gasteiger partial charge in [0.15, 0.2) is 0 Å². The Kier molecular flexibility index (Phi) is 5.52. The minimum atomic E-state index is -0.806. The molecule has 0 saturated carbocycles. The van der Waals surface area contributed by atoms with Gasteiger partial charge in [0.25, 0.3) is 0 Å². The number of anilines is 1. The summed E-state index contributed by atoms with van der Waals surface area (Å²) in [4.78, 5) is 23.1. The maximum Gasteiger partial charge on any atom is 0.306 e. The van der Waals surface area contributed by atoms with Gasteiger partial charge in [-0.2, -0.15) is 0 Å². The molecule has 120 valence electrons. The highest BCUT2D eigenvalue weighted by atomic mass is 16.4. The molecule has 0 bridgehead atoms. The Morgan fingerprint density at radius 3 is 2.17 bits per heavy atom. The van der Waals surface area contributed by atoms with Crippen LogP contribution in [0.1, 0.15) is 30.9 Å². The lowest BCUT2D eigenvalue weighted by molar-refractivity contribution is -0.141. The largest absolute Gasteiger partial charge is 0.481 e. The zero-order valence-corrected chi connectivity index (χ0v) is 13.3. The molecule has 0 fully saturated rings. The van der Waals surface area contributed by atoms with Crippen LogP contribution >= 0.6 is 0 Å². The number of carboxylic acids is 1. The molecule has 4 heteroatoms. The third-order valence-electron chi connectivity index (χ3n) is 3.88. The summed E-state index contributed by atoms with van der Waals surface area (Å²) in [5.41, 5.74) is 2.62. The zero-order valence-electron chi connectivity index (χ0n) is 13.3. The maximum absolute atomic E-state index is 12.3. The van der Waals surface area contributed by atoms with E-state index in [9.17, 15) is 9.59 Å². The van der Waals surface area contributed by atoms with Crippen molar-refractivity contribution in [3.05, 3.63) is 65.7 Å². The first-order valence-electron chi connectivity index (χ1n) is 7.65. The first kappa shape index (κ1) is 16.7. The van der Waals surface area contributed by atoms with E-state index in [4.69, 9.17) is 5.11 Å². The second kappa shape index (κ2) is 7.58. The van der Waals surface area contributed by atoms with Gasteiger partial charge in [-0.05, 0) is 36.6 Å². The van der Waals surface area contributed by atoms with Crippen molar-refractivity contribution in [2.45, 2.75) is 26.2 Å². The van der Waals surface area contributed by atoms with Crippen LogP contribution < -0.4 is 5.32 Å². The second-order valence-electron chi connectivity index (χ2n) is 5.76. The minimum absolute atomic E-state index is 0.0668. The van der Waals surface area contributed by atoms with Gasteiger partial charge in [0, 0.05) is 5.69 Å². The van der Waals surface area contributed by atoms with Crippen molar-refractivity contribution < 1.29 is 14.7 Å². The molecule has 0 aliphatic rings. The summed E-state index contributed by atoms with van der Waals surface area (Å²) in [6.45, 7) is 3.55. The molecule has 2 rings (SSSR count). The molecular weight excluding hydrogens is 290 g/mol. The highest BCUT2D eigenvalue weighted by Gasteiger charge is 2.15. The van der Waals surface area contributed by atoms with E-state index < -0.39 is 11.9 Å². The van der Waals surface area contributed by atoms with E-state index in [0.29, 0.717) is 12.1 Å². The van der Waals surface area contributed by atoms with Gasteiger partial charge in [0.05, 0.1) is 11.8 Å². The summed E-state index contributed by atoms with van der Waals surface area (Å²) in [5.74, 6) is -1.53. The number of aliphatic carboxylic acids is 1. The van der Waals surface area contributed by atoms with Crippen LogP contribution in [0, 0.1) is 5.92 Å². The van der Waals surface area contributed by atoms with Crippen molar-refractivity contribution in [1.82, 2.24) is 0 Å². The molecule has 4 nitrogen and oxygen atoms in total. The molecule has 0 aromatic heterocycles. The van der Waals surface area contributed by atoms with Gasteiger partial charge in [-0.1, -0.05) is 49.4 Å². The molecule has 23 heavy (non-hydrogen) atoms. The molecule has 2 N–H and O–H groups in total. The maximum atomic E-state index is 12.3. The third-order valence-corrected chi connectivity index (χ3v) is 3.88. The number of hydrogen-bond donors (Lipinski definition) is 2. The quantitative estimate of drug-likeness (QED) is 0.855. The molecule has 0 saturated heterocycles. The van der Waals surface area contributed by atoms with Crippen LogP contribution in [0.5, 0.6) is 0 Å². The number of carbonyl (C=O) groups excluding carboxylic acids is 1. The van der Waals surface area contributed by atoms with Gasteiger partial charge < -0.3 is 10.4 Å². The number of amides is 1. The molecule has 2 aromatic carbocycles. The van der Waals surface area contributed by atoms with E-state index >= 15 is 0 Å². The Morgan fingerprint density at radius 1 is 1.00 bits per heavy atom. The predicted molar refractivity (Wildman–Crippen MR) is 90.4 cm³/mol. The average Bonchev–Trinajstić information content (AvgIpc) is 2.56. The molecule has 2 atom stereocenters. The van der Waals surface area contributed by atoms with Crippen LogP contribution in [-0.2, 0) is 16.0 Å². The van der Waals surface area contributed by atoms with Gasteiger partial charge >= 0.3 is 5.97 Å². The van der Waals surface area contributed by atoms with Crippen LogP contribution in [0.2, 0.25) is 0 Å². The smallest absolute Gasteiger partial charge is 0.306 e. The summed E-state index contributed by atoms with van der Waals surface area (Å²) in [7, 11) is 0. The van der Waals surface area contributed by atoms with E-state index in [1.54, 1.807) is 19.1 Å². The Bertz CT molecular complexity index is 665. The summed E-state index contributed by atoms with van der Waals surface area (Å²) in [6, 6.07) is 16.9. The van der Waals surface area contributed by atoms with Crippen LogP contribution in [0.15, 0.2) is 54.6 Å². The molecule has 2 aromatic rings. The Labute approximate surface area is 136 Å². The highest BCUT2D eigenvalue weighted by Crippen LogP contribution is 2.18. The monoisotopic (exact) mass is 311 g/mol. The van der Waals surface area contributed by atoms with Gasteiger partial charge in [-0.15, -0.1) is 0 Å². The number of rotatable bonds is 6. The molecular formula is C19H21NO3. The van der Waals surface area contributed by atoms with Crippen LogP contribution in [0.25, 0.3) is 0 Å². The molecule has 1 amide bonds. The van der Waals surface area contributed by atoms with E-state index in [1.807, 2.05) is 49.4 Å². The predicted octanol–water partition coefficient (Wildman–Crippen LogP) is 3.69. The molecule has 0 aliphatic carbocycles. The molecule has 0 spiro atoms. The van der Waals surface area contributed by atoms with Crippen molar-refractivity contribution in [2.75, 3.05) is 5.32 Å². The third kappa shape index (κ3) is 4.68. The van der Waals surface area contributed by atoms with E-state index in [1.165, 1.54) is 0 Å². The molecule has 1 unspecified atom stereocenters. The number of carbonyl (C=O) groups is 2. The molecule has 0 radical (unpaired) electrons. The summed E-state index contributed by atoms with van der Waals surface area (Å²) < 4.78 is 0. The van der Waals surface area contributed by atoms with E-state index in [2.05, 4.69) is 5.32 Å². The minimum Gasteiger partial charge on any atom is -0.481 e. The first-order chi connectivity index (χ1) is 11.0. The van der Waals surface area contributed by atoms with Crippen molar-refractivity contribution in [2.24, 2.45) is 5.92 Å². The van der Waals surface area contributed by atoms with Crippen LogP contribution in [0.3, 0.4) is 0 Å². The zero-order chi connectivity index (χ0) is 16.8. The fourth-order valence-electron chi connectivity index (χ4n) is 2.31. The summed E-state index contributed by atoms with van der Waals surface area (Å²) >= 11 is 0. The topological polar surface area (TPSA) is 66.4 Å². The lowest BCUT2D eigenvalue weighted by atomic mass is 10.00. The normalized spacial score (nSPS) is 13.1. The standard InChI is InChI=1S/C19H21NO3/c1-13(19(22)23)12-15-8-10-17(11-9-15)20-18(21)14(2)16-6-4-3-5-7-16/h3-11,13-14H,12H2,1-2H3,(H,20,21)(H,22,23)/t13?,14-/m1/s1. The van der Waals surface area contributed by atoms with Gasteiger partial charge in [-0.3, -0.25) is 9.59 Å². The van der Waals surface area contributed by atoms with Crippen molar-refractivity contribution in [3.63, 3.8) is 0 Å². The molecule has 0 heterocycles. The number of benzene rings is 2. The van der Waals surface area contributed by atoms with Gasteiger partial charge in [0.2, 0.25) is 5.91 Å². The first-order valence-corrected chi connectivity index (χ1v) is 7.65. The average molecular weight is 311 g/mol. The van der Waals surface area contributed by atoms with Crippen LogP contribution in [-0.4, -0.2) is 17.0 Å². The Hall–Kier alpha value is -2.62. The number of carboxylic acid groups (broad SMARTS) is 1. The van der Waals surface area contributed by atoms with Crippen molar-refractivity contribution >= 4 is 17.6 Å². The fourth-order valence-corrected chi connectivity index (χ4v) is 2.31. The molecule has 0 aliphatic heterocycles. The lowest BCUT2D eigenvalue weighted by Crippen LogP contribution is -2.18. The number of nitrogens with one attached hydrogen (secondary N) is 1. The van der Waals surface area contributed by atoms with Gasteiger partial charge in [0.1, 0.15) is 0 Å². The lowest BCUT2D eigenvalue weighted by Gasteiger charge is -2.13. The summed E-state index contributed by atoms with van der Waals surface area (Å²) in [6.07, 6.45) is 0.476. The Balaban J connectivity index is 1.98. The number of hydrogen-bond acceptors (Lipinski definition) is 2. The second-order valence-corrected chi connectivity index (χ2v) is 5.76. The van der Waals surface area contributed by atoms with Crippen LogP contribution in [0.4, 0.5) is 5.69 Å². The Morgan fingerprint density at radius 2 is 1.61 bits per heavy atom. The SMILES string of the molecule is CC(Cc1ccc(NC(=O)[C@H](C)c2ccccc2)cc1)C(=O)O.